The summed E-state index contributed by atoms with van der Waals surface area (Å²) in [6, 6.07) is 8.36. The summed E-state index contributed by atoms with van der Waals surface area (Å²) in [5.41, 5.74) is 2.41. The maximum Gasteiger partial charge on any atom is 0.229 e. The maximum atomic E-state index is 11.6. The molecule has 6 nitrogen and oxygen atoms in total. The van der Waals surface area contributed by atoms with E-state index in [2.05, 4.69) is 53.7 Å². The molecule has 0 aromatic heterocycles. The van der Waals surface area contributed by atoms with Gasteiger partial charge < -0.3 is 10.6 Å². The highest BCUT2D eigenvalue weighted by molar-refractivity contribution is 14.0. The number of likely N-dealkylation sites (tertiary alicyclic amines) is 1. The molecule has 1 fully saturated rings. The first-order chi connectivity index (χ1) is 12.6. The first kappa shape index (κ1) is 23.4. The Morgan fingerprint density at radius 1 is 1.04 bits per heavy atom. The van der Waals surface area contributed by atoms with Crippen molar-refractivity contribution in [3.8, 4) is 0 Å². The second kappa shape index (κ2) is 12.7. The second-order valence-electron chi connectivity index (χ2n) is 6.65. The van der Waals surface area contributed by atoms with E-state index in [9.17, 15) is 9.59 Å². The number of amides is 2. The van der Waals surface area contributed by atoms with E-state index in [-0.39, 0.29) is 35.8 Å². The monoisotopic (exact) mass is 486 g/mol. The van der Waals surface area contributed by atoms with Gasteiger partial charge in [-0.25, -0.2) is 4.99 Å². The van der Waals surface area contributed by atoms with Crippen LogP contribution in [0.3, 0.4) is 0 Å². The Kier molecular flexibility index (Phi) is 11.0. The molecule has 1 aromatic carbocycles. The molecule has 2 rings (SSSR count). The van der Waals surface area contributed by atoms with Crippen molar-refractivity contribution in [2.24, 2.45) is 4.99 Å². The summed E-state index contributed by atoms with van der Waals surface area (Å²) >= 11 is 0. The smallest absolute Gasteiger partial charge is 0.229 e. The van der Waals surface area contributed by atoms with Gasteiger partial charge in [0, 0.05) is 32.5 Å². The average Bonchev–Trinajstić information content (AvgIpc) is 2.95. The number of guanidine groups is 1. The van der Waals surface area contributed by atoms with Crippen molar-refractivity contribution >= 4 is 41.8 Å². The molecule has 0 radical (unpaired) electrons. The van der Waals surface area contributed by atoms with E-state index < -0.39 is 0 Å². The van der Waals surface area contributed by atoms with Crippen LogP contribution in [0, 0.1) is 6.92 Å². The standard InChI is InChI=1S/C20H30N4O2.HI/c1-3-4-12-21-20(23-15-17-8-6-16(2)7-9-17)22-13-5-14-24-18(25)10-11-19(24)26;/h6-9H,3-5,10-15H2,1-2H3,(H2,21,22,23);1H. The van der Waals surface area contributed by atoms with E-state index >= 15 is 0 Å². The fraction of sp³-hybridized carbons (Fsp3) is 0.550. The lowest BCUT2D eigenvalue weighted by Crippen LogP contribution is -2.39. The molecule has 1 saturated heterocycles. The van der Waals surface area contributed by atoms with Crippen molar-refractivity contribution in [2.75, 3.05) is 19.6 Å². The number of imide groups is 1. The number of hydrogen-bond acceptors (Lipinski definition) is 3. The molecule has 2 N–H and O–H groups in total. The molecule has 0 spiro atoms. The first-order valence-corrected chi connectivity index (χ1v) is 9.51. The summed E-state index contributed by atoms with van der Waals surface area (Å²) in [6.45, 7) is 6.86. The molecule has 0 aliphatic carbocycles. The highest BCUT2D eigenvalue weighted by Gasteiger charge is 2.27. The molecule has 150 valence electrons. The number of aryl methyl sites for hydroxylation is 1. The van der Waals surface area contributed by atoms with Crippen LogP contribution in [-0.4, -0.2) is 42.3 Å². The van der Waals surface area contributed by atoms with Gasteiger partial charge in [0.15, 0.2) is 5.96 Å². The molecule has 2 amide bonds. The third-order valence-electron chi connectivity index (χ3n) is 4.37. The third kappa shape index (κ3) is 8.28. The van der Waals surface area contributed by atoms with Crippen molar-refractivity contribution in [1.29, 1.82) is 0 Å². The number of rotatable bonds is 9. The molecule has 1 aliphatic heterocycles. The largest absolute Gasteiger partial charge is 0.356 e. The van der Waals surface area contributed by atoms with Gasteiger partial charge in [-0.1, -0.05) is 43.2 Å². The summed E-state index contributed by atoms with van der Waals surface area (Å²) in [5.74, 6) is 0.673. The van der Waals surface area contributed by atoms with E-state index in [1.807, 2.05) is 0 Å². The lowest BCUT2D eigenvalue weighted by atomic mass is 10.1. The number of hydrogen-bond donors (Lipinski definition) is 2. The van der Waals surface area contributed by atoms with Gasteiger partial charge in [-0.2, -0.15) is 0 Å². The Hall–Kier alpha value is -1.64. The van der Waals surface area contributed by atoms with Crippen LogP contribution in [0.5, 0.6) is 0 Å². The number of nitrogens with zero attached hydrogens (tertiary/aromatic N) is 2. The Bertz CT molecular complexity index is 615. The number of nitrogens with one attached hydrogen (secondary N) is 2. The summed E-state index contributed by atoms with van der Waals surface area (Å²) in [5, 5.41) is 6.64. The van der Waals surface area contributed by atoms with Crippen LogP contribution in [0.25, 0.3) is 0 Å². The van der Waals surface area contributed by atoms with Gasteiger partial charge in [0.25, 0.3) is 0 Å². The summed E-state index contributed by atoms with van der Waals surface area (Å²) in [7, 11) is 0. The molecule has 0 saturated carbocycles. The van der Waals surface area contributed by atoms with Crippen LogP contribution in [-0.2, 0) is 16.1 Å². The average molecular weight is 486 g/mol. The number of carbonyl (C=O) groups is 2. The van der Waals surface area contributed by atoms with Crippen LogP contribution >= 0.6 is 24.0 Å². The summed E-state index contributed by atoms with van der Waals surface area (Å²) < 4.78 is 0. The van der Waals surface area contributed by atoms with E-state index in [1.165, 1.54) is 16.0 Å². The van der Waals surface area contributed by atoms with E-state index in [1.54, 1.807) is 0 Å². The van der Waals surface area contributed by atoms with Crippen LogP contribution in [0.2, 0.25) is 0 Å². The van der Waals surface area contributed by atoms with Crippen LogP contribution in [0.1, 0.15) is 50.2 Å². The number of unbranched alkanes of at least 4 members (excludes halogenated alkanes) is 1. The highest BCUT2D eigenvalue weighted by atomic mass is 127. The molecule has 0 bridgehead atoms. The van der Waals surface area contributed by atoms with Gasteiger partial charge in [-0.3, -0.25) is 14.5 Å². The number of benzene rings is 1. The van der Waals surface area contributed by atoms with Crippen LogP contribution in [0.4, 0.5) is 0 Å². The fourth-order valence-corrected chi connectivity index (χ4v) is 2.74. The molecule has 1 aliphatic rings. The predicted molar refractivity (Wildman–Crippen MR) is 119 cm³/mol. The summed E-state index contributed by atoms with van der Waals surface area (Å²) in [4.78, 5) is 29.3. The minimum Gasteiger partial charge on any atom is -0.356 e. The van der Waals surface area contributed by atoms with E-state index in [4.69, 9.17) is 0 Å². The molecule has 7 heteroatoms. The van der Waals surface area contributed by atoms with Gasteiger partial charge in [0.2, 0.25) is 11.8 Å². The third-order valence-corrected chi connectivity index (χ3v) is 4.37. The molecular weight excluding hydrogens is 455 g/mol. The second-order valence-corrected chi connectivity index (χ2v) is 6.65. The zero-order valence-corrected chi connectivity index (χ0v) is 18.6. The van der Waals surface area contributed by atoms with E-state index in [0.29, 0.717) is 32.5 Å². The van der Waals surface area contributed by atoms with Crippen molar-refractivity contribution in [3.63, 3.8) is 0 Å². The Labute approximate surface area is 179 Å². The molecule has 1 aromatic rings. The normalized spacial score (nSPS) is 14.3. The maximum absolute atomic E-state index is 11.6. The molecular formula is C20H31IN4O2. The van der Waals surface area contributed by atoms with Crippen molar-refractivity contribution in [3.05, 3.63) is 35.4 Å². The Morgan fingerprint density at radius 2 is 1.63 bits per heavy atom. The van der Waals surface area contributed by atoms with Crippen LogP contribution < -0.4 is 10.6 Å². The van der Waals surface area contributed by atoms with Gasteiger partial charge in [0.05, 0.1) is 6.54 Å². The lowest BCUT2D eigenvalue weighted by molar-refractivity contribution is -0.138. The van der Waals surface area contributed by atoms with Crippen molar-refractivity contribution < 1.29 is 9.59 Å². The van der Waals surface area contributed by atoms with E-state index in [0.717, 1.165) is 31.8 Å². The highest BCUT2D eigenvalue weighted by Crippen LogP contribution is 2.11. The summed E-state index contributed by atoms with van der Waals surface area (Å²) in [6.07, 6.45) is 3.64. The van der Waals surface area contributed by atoms with Gasteiger partial charge >= 0.3 is 0 Å². The Morgan fingerprint density at radius 3 is 2.22 bits per heavy atom. The minimum atomic E-state index is -0.0515. The van der Waals surface area contributed by atoms with Crippen molar-refractivity contribution in [2.45, 2.75) is 52.5 Å². The first-order valence-electron chi connectivity index (χ1n) is 9.51. The lowest BCUT2D eigenvalue weighted by Gasteiger charge is -2.15. The quantitative estimate of drug-likeness (QED) is 0.185. The fourth-order valence-electron chi connectivity index (χ4n) is 2.74. The molecule has 0 unspecified atom stereocenters. The molecule has 1 heterocycles. The number of carbonyl (C=O) groups excluding carboxylic acids is 2. The predicted octanol–water partition coefficient (Wildman–Crippen LogP) is 2.99. The van der Waals surface area contributed by atoms with Crippen molar-refractivity contribution in [1.82, 2.24) is 15.5 Å². The Balaban J connectivity index is 0.00000364. The SMILES string of the molecule is CCCCNC(=NCc1ccc(C)cc1)NCCCN1C(=O)CCC1=O.I. The zero-order chi connectivity index (χ0) is 18.8. The van der Waals surface area contributed by atoms with Gasteiger partial charge in [-0.15, -0.1) is 24.0 Å². The van der Waals surface area contributed by atoms with Gasteiger partial charge in [0.1, 0.15) is 0 Å². The molecule has 0 atom stereocenters. The minimum absolute atomic E-state index is 0. The van der Waals surface area contributed by atoms with Gasteiger partial charge in [-0.05, 0) is 25.3 Å². The number of aliphatic imine (C=N–C) groups is 1. The number of halogens is 1. The van der Waals surface area contributed by atoms with Crippen LogP contribution in [0.15, 0.2) is 29.3 Å². The topological polar surface area (TPSA) is 73.8 Å². The molecule has 27 heavy (non-hydrogen) atoms. The zero-order valence-electron chi connectivity index (χ0n) is 16.3.